The van der Waals surface area contributed by atoms with Crippen LogP contribution in [0.15, 0.2) is 6.20 Å². The standard InChI is InChI=1S/C11H14N4/c1-7(2)10-6-15-11(12-13-14-15)9-5-3-4-8(9)10/h6-7H,3-5H2,1-2H3. The lowest BCUT2D eigenvalue weighted by Crippen LogP contribution is -2.02. The molecule has 0 N–H and O–H groups in total. The van der Waals surface area contributed by atoms with Crippen molar-refractivity contribution in [2.75, 3.05) is 0 Å². The summed E-state index contributed by atoms with van der Waals surface area (Å²) in [6.07, 6.45) is 5.64. The third kappa shape index (κ3) is 1.17. The second-order valence-corrected chi connectivity index (χ2v) is 4.50. The summed E-state index contributed by atoms with van der Waals surface area (Å²) in [6, 6.07) is 0. The van der Waals surface area contributed by atoms with E-state index in [1.54, 1.807) is 0 Å². The molecule has 1 aliphatic carbocycles. The van der Waals surface area contributed by atoms with E-state index < -0.39 is 0 Å². The molecule has 4 nitrogen and oxygen atoms in total. The Labute approximate surface area is 88.3 Å². The Bertz CT molecular complexity index is 513. The van der Waals surface area contributed by atoms with Gasteiger partial charge in [0, 0.05) is 11.8 Å². The molecule has 0 radical (unpaired) electrons. The summed E-state index contributed by atoms with van der Waals surface area (Å²) in [6.45, 7) is 4.45. The maximum absolute atomic E-state index is 4.09. The van der Waals surface area contributed by atoms with Crippen molar-refractivity contribution in [2.24, 2.45) is 0 Å². The number of hydrogen-bond acceptors (Lipinski definition) is 3. The number of hydrogen-bond donors (Lipinski definition) is 0. The normalized spacial score (nSPS) is 15.1. The van der Waals surface area contributed by atoms with Crippen LogP contribution in [-0.4, -0.2) is 20.0 Å². The number of aryl methyl sites for hydroxylation is 1. The Balaban J connectivity index is 2.37. The van der Waals surface area contributed by atoms with E-state index in [9.17, 15) is 0 Å². The molecule has 2 aromatic heterocycles. The molecular formula is C11H14N4. The van der Waals surface area contributed by atoms with Gasteiger partial charge in [0.25, 0.3) is 0 Å². The number of fused-ring (bicyclic) bond motifs is 3. The molecule has 0 aromatic carbocycles. The maximum Gasteiger partial charge on any atom is 0.182 e. The van der Waals surface area contributed by atoms with Gasteiger partial charge in [0.2, 0.25) is 0 Å². The van der Waals surface area contributed by atoms with Crippen LogP contribution < -0.4 is 0 Å². The molecule has 0 atom stereocenters. The van der Waals surface area contributed by atoms with Gasteiger partial charge in [-0.25, -0.2) is 4.52 Å². The molecule has 0 saturated heterocycles. The fourth-order valence-electron chi connectivity index (χ4n) is 2.50. The largest absolute Gasteiger partial charge is 0.200 e. The van der Waals surface area contributed by atoms with Gasteiger partial charge in [0.15, 0.2) is 5.65 Å². The van der Waals surface area contributed by atoms with Crippen LogP contribution in [-0.2, 0) is 12.8 Å². The Hall–Kier alpha value is -1.45. The molecule has 2 aromatic rings. The van der Waals surface area contributed by atoms with Crippen LogP contribution in [0.2, 0.25) is 0 Å². The summed E-state index contributed by atoms with van der Waals surface area (Å²) in [5.41, 5.74) is 5.22. The zero-order chi connectivity index (χ0) is 10.4. The fraction of sp³-hybridized carbons (Fsp3) is 0.545. The minimum absolute atomic E-state index is 0.547. The second kappa shape index (κ2) is 3.02. The number of pyridine rings is 1. The number of aromatic nitrogens is 4. The first kappa shape index (κ1) is 8.83. The van der Waals surface area contributed by atoms with Crippen LogP contribution in [0.3, 0.4) is 0 Å². The minimum Gasteiger partial charge on any atom is -0.200 e. The number of nitrogens with zero attached hydrogens (tertiary/aromatic N) is 4. The average molecular weight is 202 g/mol. The number of rotatable bonds is 1. The molecule has 2 heterocycles. The molecule has 4 heteroatoms. The molecule has 0 amide bonds. The lowest BCUT2D eigenvalue weighted by molar-refractivity contribution is 0.786. The molecule has 0 fully saturated rings. The Kier molecular flexibility index (Phi) is 1.78. The van der Waals surface area contributed by atoms with Gasteiger partial charge in [-0.15, -0.1) is 5.10 Å². The van der Waals surface area contributed by atoms with E-state index in [2.05, 4.69) is 35.6 Å². The summed E-state index contributed by atoms with van der Waals surface area (Å²) in [5.74, 6) is 0.547. The van der Waals surface area contributed by atoms with E-state index >= 15 is 0 Å². The summed E-state index contributed by atoms with van der Waals surface area (Å²) < 4.78 is 1.82. The van der Waals surface area contributed by atoms with Crippen LogP contribution in [0.5, 0.6) is 0 Å². The first-order valence-electron chi connectivity index (χ1n) is 5.49. The predicted molar refractivity (Wildman–Crippen MR) is 56.9 cm³/mol. The van der Waals surface area contributed by atoms with Crippen molar-refractivity contribution in [3.63, 3.8) is 0 Å². The van der Waals surface area contributed by atoms with Crippen LogP contribution in [0.4, 0.5) is 0 Å². The van der Waals surface area contributed by atoms with Crippen LogP contribution in [0.25, 0.3) is 5.65 Å². The van der Waals surface area contributed by atoms with Gasteiger partial charge in [-0.05, 0) is 46.7 Å². The quantitative estimate of drug-likeness (QED) is 0.707. The van der Waals surface area contributed by atoms with E-state index in [-0.39, 0.29) is 0 Å². The first-order chi connectivity index (χ1) is 7.27. The monoisotopic (exact) mass is 202 g/mol. The van der Waals surface area contributed by atoms with Crippen molar-refractivity contribution in [3.8, 4) is 0 Å². The van der Waals surface area contributed by atoms with Gasteiger partial charge in [0.05, 0.1) is 0 Å². The minimum atomic E-state index is 0.547. The van der Waals surface area contributed by atoms with Crippen molar-refractivity contribution in [1.29, 1.82) is 0 Å². The van der Waals surface area contributed by atoms with Crippen molar-refractivity contribution in [2.45, 2.75) is 39.0 Å². The Morgan fingerprint density at radius 2 is 2.07 bits per heavy atom. The summed E-state index contributed by atoms with van der Waals surface area (Å²) in [4.78, 5) is 0. The molecular weight excluding hydrogens is 188 g/mol. The van der Waals surface area contributed by atoms with Gasteiger partial charge in [-0.2, -0.15) is 0 Å². The van der Waals surface area contributed by atoms with Gasteiger partial charge in [-0.1, -0.05) is 13.8 Å². The molecule has 0 saturated carbocycles. The lowest BCUT2D eigenvalue weighted by atomic mass is 9.97. The van der Waals surface area contributed by atoms with E-state index in [1.807, 2.05) is 4.52 Å². The summed E-state index contributed by atoms with van der Waals surface area (Å²) in [5, 5.41) is 11.8. The molecule has 78 valence electrons. The maximum atomic E-state index is 4.09. The van der Waals surface area contributed by atoms with Crippen molar-refractivity contribution >= 4 is 5.65 Å². The zero-order valence-corrected chi connectivity index (χ0v) is 9.06. The second-order valence-electron chi connectivity index (χ2n) is 4.50. The van der Waals surface area contributed by atoms with Gasteiger partial charge in [0.1, 0.15) is 0 Å². The molecule has 0 aliphatic heterocycles. The lowest BCUT2D eigenvalue weighted by Gasteiger charge is -2.11. The number of tetrazole rings is 1. The SMILES string of the molecule is CC(C)c1cn2nnnc2c2c1CCC2. The first-order valence-corrected chi connectivity index (χ1v) is 5.49. The highest BCUT2D eigenvalue weighted by Crippen LogP contribution is 2.31. The molecule has 3 rings (SSSR count). The summed E-state index contributed by atoms with van der Waals surface area (Å²) in [7, 11) is 0. The fourth-order valence-corrected chi connectivity index (χ4v) is 2.50. The molecule has 0 spiro atoms. The van der Waals surface area contributed by atoms with Crippen molar-refractivity contribution in [1.82, 2.24) is 20.0 Å². The molecule has 1 aliphatic rings. The highest BCUT2D eigenvalue weighted by molar-refractivity contribution is 5.55. The van der Waals surface area contributed by atoms with Crippen molar-refractivity contribution < 1.29 is 0 Å². The van der Waals surface area contributed by atoms with Crippen LogP contribution in [0, 0.1) is 0 Å². The van der Waals surface area contributed by atoms with E-state index in [4.69, 9.17) is 0 Å². The third-order valence-electron chi connectivity index (χ3n) is 3.21. The van der Waals surface area contributed by atoms with Gasteiger partial charge >= 0.3 is 0 Å². The van der Waals surface area contributed by atoms with E-state index in [1.165, 1.54) is 29.5 Å². The smallest absolute Gasteiger partial charge is 0.182 e. The highest BCUT2D eigenvalue weighted by atomic mass is 15.5. The van der Waals surface area contributed by atoms with Crippen molar-refractivity contribution in [3.05, 3.63) is 22.9 Å². The van der Waals surface area contributed by atoms with E-state index in [0.717, 1.165) is 12.1 Å². The Morgan fingerprint density at radius 3 is 2.87 bits per heavy atom. The average Bonchev–Trinajstić information content (AvgIpc) is 2.83. The van der Waals surface area contributed by atoms with Crippen LogP contribution >= 0.6 is 0 Å². The molecule has 15 heavy (non-hydrogen) atoms. The van der Waals surface area contributed by atoms with Gasteiger partial charge in [-0.3, -0.25) is 0 Å². The van der Waals surface area contributed by atoms with Gasteiger partial charge < -0.3 is 0 Å². The summed E-state index contributed by atoms with van der Waals surface area (Å²) >= 11 is 0. The van der Waals surface area contributed by atoms with Crippen LogP contribution in [0.1, 0.15) is 42.9 Å². The topological polar surface area (TPSA) is 43.1 Å². The highest BCUT2D eigenvalue weighted by Gasteiger charge is 2.21. The third-order valence-corrected chi connectivity index (χ3v) is 3.21. The molecule has 0 bridgehead atoms. The Morgan fingerprint density at radius 1 is 1.27 bits per heavy atom. The molecule has 0 unspecified atom stereocenters. The predicted octanol–water partition coefficient (Wildman–Crippen LogP) is 1.74. The zero-order valence-electron chi connectivity index (χ0n) is 9.06. The van der Waals surface area contributed by atoms with E-state index in [0.29, 0.717) is 5.92 Å².